The van der Waals surface area contributed by atoms with Crippen molar-refractivity contribution in [1.29, 1.82) is 0 Å². The third kappa shape index (κ3) is 3.10. The van der Waals surface area contributed by atoms with Gasteiger partial charge >= 0.3 is 0 Å². The second-order valence-electron chi connectivity index (χ2n) is 8.54. The van der Waals surface area contributed by atoms with E-state index < -0.39 is 0 Å². The number of aliphatic hydroxyl groups excluding tert-OH is 1. The summed E-state index contributed by atoms with van der Waals surface area (Å²) in [7, 11) is 1.86. The number of carbonyl (C=O) groups is 1. The lowest BCUT2D eigenvalue weighted by molar-refractivity contribution is -0.207. The summed E-state index contributed by atoms with van der Waals surface area (Å²) in [6.07, 6.45) is 3.98. The minimum Gasteiger partial charge on any atom is -0.392 e. The molecule has 1 N–H and O–H groups in total. The molecule has 140 valence electrons. The summed E-state index contributed by atoms with van der Waals surface area (Å²) < 4.78 is 7.53. The lowest BCUT2D eigenvalue weighted by atomic mass is 9.58. The van der Waals surface area contributed by atoms with Crippen molar-refractivity contribution in [1.82, 2.24) is 14.7 Å². The van der Waals surface area contributed by atoms with E-state index in [4.69, 9.17) is 4.74 Å². The van der Waals surface area contributed by atoms with Gasteiger partial charge in [0, 0.05) is 50.2 Å². The maximum Gasteiger partial charge on any atom is 0.257 e. The topological polar surface area (TPSA) is 67.6 Å². The monoisotopic (exact) mass is 349 g/mol. The Balaban J connectivity index is 1.73. The summed E-state index contributed by atoms with van der Waals surface area (Å²) >= 11 is 0. The molecule has 1 spiro atoms. The summed E-state index contributed by atoms with van der Waals surface area (Å²) in [4.78, 5) is 15.0. The largest absolute Gasteiger partial charge is 0.392 e. The molecule has 2 fully saturated rings. The van der Waals surface area contributed by atoms with Crippen LogP contribution in [0, 0.1) is 5.41 Å². The molecular weight excluding hydrogens is 318 g/mol. The van der Waals surface area contributed by atoms with Gasteiger partial charge < -0.3 is 14.7 Å². The van der Waals surface area contributed by atoms with Crippen molar-refractivity contribution in [3.8, 4) is 0 Å². The Labute approximate surface area is 150 Å². The average molecular weight is 349 g/mol. The zero-order chi connectivity index (χ0) is 18.4. The molecule has 1 amide bonds. The van der Waals surface area contributed by atoms with E-state index in [0.717, 1.165) is 25.0 Å². The van der Waals surface area contributed by atoms with Crippen LogP contribution < -0.4 is 0 Å². The van der Waals surface area contributed by atoms with Crippen LogP contribution in [-0.2, 0) is 17.2 Å². The van der Waals surface area contributed by atoms with Gasteiger partial charge in [-0.25, -0.2) is 0 Å². The van der Waals surface area contributed by atoms with Gasteiger partial charge in [-0.2, -0.15) is 5.10 Å². The number of hydrogen-bond donors (Lipinski definition) is 1. The van der Waals surface area contributed by atoms with Crippen molar-refractivity contribution in [2.24, 2.45) is 12.5 Å². The Bertz CT molecular complexity index is 637. The maximum absolute atomic E-state index is 13.1. The van der Waals surface area contributed by atoms with Gasteiger partial charge in [0.1, 0.15) is 0 Å². The first kappa shape index (κ1) is 18.4. The van der Waals surface area contributed by atoms with Gasteiger partial charge in [0.25, 0.3) is 5.91 Å². The van der Waals surface area contributed by atoms with Gasteiger partial charge in [0.05, 0.1) is 23.5 Å². The molecule has 0 aromatic carbocycles. The van der Waals surface area contributed by atoms with Crippen molar-refractivity contribution in [3.63, 3.8) is 0 Å². The van der Waals surface area contributed by atoms with E-state index in [-0.39, 0.29) is 28.9 Å². The van der Waals surface area contributed by atoms with Crippen LogP contribution in [0.4, 0.5) is 0 Å². The molecule has 1 aromatic heterocycles. The van der Waals surface area contributed by atoms with Crippen LogP contribution in [0.5, 0.6) is 0 Å². The quantitative estimate of drug-likeness (QED) is 0.907. The van der Waals surface area contributed by atoms with Crippen molar-refractivity contribution >= 4 is 5.91 Å². The molecule has 1 aliphatic carbocycles. The van der Waals surface area contributed by atoms with Crippen LogP contribution in [0.2, 0.25) is 0 Å². The SMILES string of the molecule is CCOC1CC(O)C12CCN(C(=O)c1cn(C)nc1C(C)(C)C)CC2. The summed E-state index contributed by atoms with van der Waals surface area (Å²) in [6, 6.07) is 0. The van der Waals surface area contributed by atoms with Crippen molar-refractivity contribution in [2.45, 2.75) is 64.6 Å². The maximum atomic E-state index is 13.1. The molecule has 1 saturated heterocycles. The number of rotatable bonds is 3. The molecule has 25 heavy (non-hydrogen) atoms. The number of aryl methyl sites for hydroxylation is 1. The molecule has 0 bridgehead atoms. The zero-order valence-electron chi connectivity index (χ0n) is 16.1. The third-order valence-corrected chi connectivity index (χ3v) is 5.86. The first-order valence-electron chi connectivity index (χ1n) is 9.32. The second kappa shape index (κ2) is 6.40. The number of likely N-dealkylation sites (tertiary alicyclic amines) is 1. The first-order chi connectivity index (χ1) is 11.7. The van der Waals surface area contributed by atoms with Gasteiger partial charge in [0.15, 0.2) is 0 Å². The number of hydrogen-bond acceptors (Lipinski definition) is 4. The first-order valence-corrected chi connectivity index (χ1v) is 9.32. The van der Waals surface area contributed by atoms with E-state index in [1.807, 2.05) is 25.1 Å². The Morgan fingerprint density at radius 3 is 2.56 bits per heavy atom. The third-order valence-electron chi connectivity index (χ3n) is 5.86. The van der Waals surface area contributed by atoms with E-state index in [2.05, 4.69) is 25.9 Å². The predicted octanol–water partition coefficient (Wildman–Crippen LogP) is 2.11. The van der Waals surface area contributed by atoms with Crippen molar-refractivity contribution in [2.75, 3.05) is 19.7 Å². The Morgan fingerprint density at radius 2 is 2.04 bits per heavy atom. The van der Waals surface area contributed by atoms with Crippen LogP contribution in [0.15, 0.2) is 6.20 Å². The number of aliphatic hydroxyl groups is 1. The van der Waals surface area contributed by atoms with Crippen LogP contribution in [0.3, 0.4) is 0 Å². The number of aromatic nitrogens is 2. The van der Waals surface area contributed by atoms with Crippen LogP contribution in [0.1, 0.15) is 63.0 Å². The molecule has 2 aliphatic rings. The molecule has 6 heteroatoms. The minimum atomic E-state index is -0.301. The lowest BCUT2D eigenvalue weighted by Gasteiger charge is -2.56. The average Bonchev–Trinajstić information content (AvgIpc) is 2.96. The van der Waals surface area contributed by atoms with E-state index in [0.29, 0.717) is 25.3 Å². The molecule has 1 saturated carbocycles. The lowest BCUT2D eigenvalue weighted by Crippen LogP contribution is -2.62. The highest BCUT2D eigenvalue weighted by Crippen LogP contribution is 2.51. The highest BCUT2D eigenvalue weighted by molar-refractivity contribution is 5.95. The fraction of sp³-hybridized carbons (Fsp3) is 0.789. The summed E-state index contributed by atoms with van der Waals surface area (Å²) in [6.45, 7) is 10.2. The van der Waals surface area contributed by atoms with Crippen molar-refractivity contribution in [3.05, 3.63) is 17.5 Å². The smallest absolute Gasteiger partial charge is 0.257 e. The van der Waals surface area contributed by atoms with E-state index in [1.54, 1.807) is 4.68 Å². The highest BCUT2D eigenvalue weighted by atomic mass is 16.5. The Kier molecular flexibility index (Phi) is 4.71. The second-order valence-corrected chi connectivity index (χ2v) is 8.54. The van der Waals surface area contributed by atoms with Gasteiger partial charge in [-0.05, 0) is 19.8 Å². The minimum absolute atomic E-state index is 0.0506. The Morgan fingerprint density at radius 1 is 1.40 bits per heavy atom. The number of ether oxygens (including phenoxy) is 1. The molecule has 3 rings (SSSR count). The predicted molar refractivity (Wildman–Crippen MR) is 95.5 cm³/mol. The summed E-state index contributed by atoms with van der Waals surface area (Å²) in [5.74, 6) is 0.0506. The fourth-order valence-electron chi connectivity index (χ4n) is 4.31. The van der Waals surface area contributed by atoms with Crippen molar-refractivity contribution < 1.29 is 14.6 Å². The molecule has 0 radical (unpaired) electrons. The highest BCUT2D eigenvalue weighted by Gasteiger charge is 2.56. The van der Waals surface area contributed by atoms with Gasteiger partial charge in [-0.15, -0.1) is 0 Å². The molecule has 2 heterocycles. The van der Waals surface area contributed by atoms with E-state index >= 15 is 0 Å². The standard InChI is InChI=1S/C19H31N3O3/c1-6-25-15-11-14(23)19(15)7-9-22(10-8-19)17(24)13-12-21(5)20-16(13)18(2,3)4/h12,14-15,23H,6-11H2,1-5H3. The van der Waals surface area contributed by atoms with Crippen LogP contribution in [-0.4, -0.2) is 57.6 Å². The molecule has 6 nitrogen and oxygen atoms in total. The molecule has 1 aliphatic heterocycles. The molecule has 2 unspecified atom stereocenters. The van der Waals surface area contributed by atoms with Gasteiger partial charge in [-0.3, -0.25) is 9.48 Å². The molecule has 2 atom stereocenters. The molecule has 1 aromatic rings. The number of carbonyl (C=O) groups excluding carboxylic acids is 1. The summed E-state index contributed by atoms with van der Waals surface area (Å²) in [5.41, 5.74) is 1.21. The van der Waals surface area contributed by atoms with E-state index in [1.165, 1.54) is 0 Å². The van der Waals surface area contributed by atoms with E-state index in [9.17, 15) is 9.90 Å². The Hall–Kier alpha value is -1.40. The number of amides is 1. The fourth-order valence-corrected chi connectivity index (χ4v) is 4.31. The zero-order valence-corrected chi connectivity index (χ0v) is 16.1. The van der Waals surface area contributed by atoms with Gasteiger partial charge in [-0.1, -0.05) is 20.8 Å². The normalized spacial score (nSPS) is 25.9. The molecular formula is C19H31N3O3. The number of nitrogens with zero attached hydrogens (tertiary/aromatic N) is 3. The summed E-state index contributed by atoms with van der Waals surface area (Å²) in [5, 5.41) is 14.8. The van der Waals surface area contributed by atoms with Crippen LogP contribution in [0.25, 0.3) is 0 Å². The van der Waals surface area contributed by atoms with Gasteiger partial charge in [0.2, 0.25) is 0 Å². The number of piperidine rings is 1. The van der Waals surface area contributed by atoms with Crippen LogP contribution >= 0.6 is 0 Å².